The fraction of sp³-hybridized carbons (Fsp3) is 0. The quantitative estimate of drug-likeness (QED) is 0.343. The van der Waals surface area contributed by atoms with Gasteiger partial charge in [0, 0.05) is 24.3 Å². The maximum absolute atomic E-state index is 4.12. The summed E-state index contributed by atoms with van der Waals surface area (Å²) in [5.41, 5.74) is 4.53. The van der Waals surface area contributed by atoms with E-state index in [4.69, 9.17) is 0 Å². The minimum Gasteiger partial charge on any atom is -0.168 e. The van der Waals surface area contributed by atoms with Crippen LogP contribution in [0, 0.1) is 0 Å². The van der Waals surface area contributed by atoms with Crippen molar-refractivity contribution in [1.82, 2.24) is 4.58 Å². The fourth-order valence-corrected chi connectivity index (χ4v) is 2.28. The molecule has 3 aromatic carbocycles. The Labute approximate surface area is 131 Å². The zero-order valence-corrected chi connectivity index (χ0v) is 12.4. The molecule has 3 rings (SSSR count). The van der Waals surface area contributed by atoms with Crippen molar-refractivity contribution >= 4 is 30.2 Å². The lowest BCUT2D eigenvalue weighted by Gasteiger charge is -2.00. The van der Waals surface area contributed by atoms with E-state index >= 15 is 0 Å². The molecule has 0 amide bonds. The van der Waals surface area contributed by atoms with Crippen LogP contribution in [0.5, 0.6) is 0 Å². The van der Waals surface area contributed by atoms with Crippen LogP contribution in [0.2, 0.25) is 0 Å². The normalized spacial score (nSPS) is 10.7. The molecule has 0 saturated carbocycles. The lowest BCUT2D eigenvalue weighted by atomic mass is 10.1. The van der Waals surface area contributed by atoms with Crippen molar-refractivity contribution in [3.8, 4) is 0 Å². The standard InChI is InChI=1S/C21H18N/c1-22(20-10-6-3-7-11-20)21-16-14-19(15-17-21)13-12-18-8-4-2-5-9-18/h2-17H,1H2/q+1. The van der Waals surface area contributed by atoms with E-state index in [9.17, 15) is 0 Å². The highest BCUT2D eigenvalue weighted by Gasteiger charge is 2.08. The maximum atomic E-state index is 4.12. The van der Waals surface area contributed by atoms with Crippen LogP contribution in [0.3, 0.4) is 0 Å². The molecule has 0 heterocycles. The van der Waals surface area contributed by atoms with Crippen LogP contribution in [0.1, 0.15) is 11.1 Å². The Morgan fingerprint density at radius 1 is 0.545 bits per heavy atom. The van der Waals surface area contributed by atoms with Crippen LogP contribution >= 0.6 is 0 Å². The Balaban J connectivity index is 1.76. The molecular weight excluding hydrogens is 266 g/mol. The van der Waals surface area contributed by atoms with E-state index in [0.717, 1.165) is 11.4 Å². The van der Waals surface area contributed by atoms with Gasteiger partial charge in [-0.1, -0.05) is 60.7 Å². The van der Waals surface area contributed by atoms with Crippen LogP contribution in [-0.2, 0) is 0 Å². The van der Waals surface area contributed by atoms with E-state index in [2.05, 4.69) is 67.4 Å². The Hall–Kier alpha value is -2.93. The summed E-state index contributed by atoms with van der Waals surface area (Å²) in [6, 6.07) is 28.8. The van der Waals surface area contributed by atoms with E-state index in [1.54, 1.807) is 0 Å². The fourth-order valence-electron chi connectivity index (χ4n) is 2.28. The van der Waals surface area contributed by atoms with Gasteiger partial charge >= 0.3 is 0 Å². The van der Waals surface area contributed by atoms with Gasteiger partial charge in [-0.15, -0.1) is 0 Å². The summed E-state index contributed by atoms with van der Waals surface area (Å²) in [4.78, 5) is 0. The third-order valence-electron chi connectivity index (χ3n) is 3.54. The van der Waals surface area contributed by atoms with Gasteiger partial charge in [0.25, 0.3) is 0 Å². The van der Waals surface area contributed by atoms with Gasteiger partial charge in [0.2, 0.25) is 11.4 Å². The van der Waals surface area contributed by atoms with Crippen molar-refractivity contribution in [1.29, 1.82) is 0 Å². The van der Waals surface area contributed by atoms with E-state index in [1.807, 2.05) is 41.0 Å². The van der Waals surface area contributed by atoms with E-state index in [-0.39, 0.29) is 0 Å². The Morgan fingerprint density at radius 2 is 1.00 bits per heavy atom. The molecule has 106 valence electrons. The molecule has 0 saturated heterocycles. The zero-order valence-electron chi connectivity index (χ0n) is 12.4. The van der Waals surface area contributed by atoms with Gasteiger partial charge in [-0.2, -0.15) is 4.58 Å². The van der Waals surface area contributed by atoms with Gasteiger partial charge in [-0.25, -0.2) is 0 Å². The van der Waals surface area contributed by atoms with Gasteiger partial charge in [-0.05, 0) is 23.3 Å². The summed E-state index contributed by atoms with van der Waals surface area (Å²) in [5.74, 6) is 0. The lowest BCUT2D eigenvalue weighted by Crippen LogP contribution is -1.98. The number of benzene rings is 3. The van der Waals surface area contributed by atoms with Gasteiger partial charge in [0.1, 0.15) is 6.72 Å². The molecule has 0 N–H and O–H groups in total. The first kappa shape index (κ1) is 14.0. The molecule has 0 unspecified atom stereocenters. The molecule has 0 spiro atoms. The monoisotopic (exact) mass is 284 g/mol. The Morgan fingerprint density at radius 3 is 1.59 bits per heavy atom. The topological polar surface area (TPSA) is 3.01 Å². The van der Waals surface area contributed by atoms with Gasteiger partial charge in [-0.3, -0.25) is 0 Å². The number of hydrogen-bond acceptors (Lipinski definition) is 0. The molecule has 0 aliphatic rings. The smallest absolute Gasteiger partial charge is 0.168 e. The van der Waals surface area contributed by atoms with Crippen LogP contribution in [-0.4, -0.2) is 6.72 Å². The molecule has 3 aromatic rings. The van der Waals surface area contributed by atoms with Gasteiger partial charge < -0.3 is 0 Å². The van der Waals surface area contributed by atoms with Crippen molar-refractivity contribution in [3.05, 3.63) is 96.1 Å². The highest BCUT2D eigenvalue weighted by atomic mass is 15.0. The number of rotatable bonds is 4. The van der Waals surface area contributed by atoms with Crippen molar-refractivity contribution < 1.29 is 0 Å². The highest BCUT2D eigenvalue weighted by molar-refractivity contribution is 5.71. The summed E-state index contributed by atoms with van der Waals surface area (Å²) in [7, 11) is 0. The molecule has 0 aliphatic heterocycles. The van der Waals surface area contributed by atoms with Crippen LogP contribution in [0.4, 0.5) is 11.4 Å². The molecule has 0 aromatic heterocycles. The molecular formula is C21H18N+. The van der Waals surface area contributed by atoms with Crippen molar-refractivity contribution in [2.75, 3.05) is 0 Å². The largest absolute Gasteiger partial charge is 0.210 e. The molecule has 0 radical (unpaired) electrons. The van der Waals surface area contributed by atoms with Crippen molar-refractivity contribution in [2.24, 2.45) is 0 Å². The molecule has 1 nitrogen and oxygen atoms in total. The summed E-state index contributed by atoms with van der Waals surface area (Å²) in [6.07, 6.45) is 4.24. The predicted molar refractivity (Wildman–Crippen MR) is 96.8 cm³/mol. The Bertz CT molecular complexity index is 769. The minimum absolute atomic E-state index is 1.07. The Kier molecular flexibility index (Phi) is 4.26. The summed E-state index contributed by atoms with van der Waals surface area (Å²) >= 11 is 0. The van der Waals surface area contributed by atoms with Gasteiger partial charge in [0.05, 0.1) is 0 Å². The number of hydrogen-bond donors (Lipinski definition) is 0. The third-order valence-corrected chi connectivity index (χ3v) is 3.54. The highest BCUT2D eigenvalue weighted by Crippen LogP contribution is 2.20. The minimum atomic E-state index is 1.07. The zero-order chi connectivity index (χ0) is 15.2. The van der Waals surface area contributed by atoms with Crippen molar-refractivity contribution in [3.63, 3.8) is 0 Å². The van der Waals surface area contributed by atoms with E-state index in [1.165, 1.54) is 11.1 Å². The first-order chi connectivity index (χ1) is 10.8. The summed E-state index contributed by atoms with van der Waals surface area (Å²) in [5, 5.41) is 0. The second-order valence-corrected chi connectivity index (χ2v) is 5.10. The lowest BCUT2D eigenvalue weighted by molar-refractivity contribution is 1.11. The van der Waals surface area contributed by atoms with E-state index in [0.29, 0.717) is 0 Å². The third kappa shape index (κ3) is 3.39. The average Bonchev–Trinajstić information content (AvgIpc) is 2.61. The van der Waals surface area contributed by atoms with Crippen molar-refractivity contribution in [2.45, 2.75) is 0 Å². The van der Waals surface area contributed by atoms with E-state index < -0.39 is 0 Å². The molecule has 0 aliphatic carbocycles. The molecule has 22 heavy (non-hydrogen) atoms. The molecule has 0 fully saturated rings. The van der Waals surface area contributed by atoms with Crippen LogP contribution < -0.4 is 4.58 Å². The molecule has 0 bridgehead atoms. The van der Waals surface area contributed by atoms with Gasteiger partial charge in [0.15, 0.2) is 0 Å². The average molecular weight is 284 g/mol. The second kappa shape index (κ2) is 6.68. The molecule has 0 atom stereocenters. The predicted octanol–water partition coefficient (Wildman–Crippen LogP) is 5.39. The maximum Gasteiger partial charge on any atom is 0.210 e. The summed E-state index contributed by atoms with van der Waals surface area (Å²) < 4.78 is 1.94. The van der Waals surface area contributed by atoms with Crippen LogP contribution in [0.25, 0.3) is 12.2 Å². The second-order valence-electron chi connectivity index (χ2n) is 5.10. The first-order valence-corrected chi connectivity index (χ1v) is 7.32. The SMILES string of the molecule is C=[N+](c1ccccc1)c1ccc(C=Cc2ccccc2)cc1. The summed E-state index contributed by atoms with van der Waals surface area (Å²) in [6.45, 7) is 4.12. The number of para-hydroxylation sites is 1. The van der Waals surface area contributed by atoms with Crippen LogP contribution in [0.15, 0.2) is 84.9 Å². The molecule has 1 heteroatoms. The number of nitrogens with zero attached hydrogens (tertiary/aromatic N) is 1. The first-order valence-electron chi connectivity index (χ1n) is 7.32.